The van der Waals surface area contributed by atoms with Crippen LogP contribution in [0.15, 0.2) is 0 Å². The molecule has 0 aromatic carbocycles. The zero-order chi connectivity index (χ0) is 8.81. The molecule has 3 nitrogen and oxygen atoms in total. The Morgan fingerprint density at radius 2 is 2.50 bits per heavy atom. The van der Waals surface area contributed by atoms with Crippen molar-refractivity contribution in [3.8, 4) is 11.8 Å². The summed E-state index contributed by atoms with van der Waals surface area (Å²) in [7, 11) is 0. The monoisotopic (exact) mass is 166 g/mol. The smallest absolute Gasteiger partial charge is 0.317 e. The van der Waals surface area contributed by atoms with Gasteiger partial charge in [-0.2, -0.15) is 0 Å². The highest BCUT2D eigenvalue weighted by molar-refractivity contribution is 5.74. The van der Waals surface area contributed by atoms with Crippen LogP contribution in [0.25, 0.3) is 0 Å². The maximum absolute atomic E-state index is 11.2. The molecule has 1 aliphatic rings. The molecule has 2 amide bonds. The van der Waals surface area contributed by atoms with Crippen LogP contribution >= 0.6 is 0 Å². The quantitative estimate of drug-likeness (QED) is 0.605. The SMILES string of the molecule is CC#CCCN1CCCNC1=O. The predicted molar refractivity (Wildman–Crippen MR) is 47.7 cm³/mol. The van der Waals surface area contributed by atoms with Crippen LogP contribution in [0.3, 0.4) is 0 Å². The maximum Gasteiger partial charge on any atom is 0.317 e. The first-order chi connectivity index (χ1) is 5.84. The minimum atomic E-state index is 0.0548. The highest BCUT2D eigenvalue weighted by atomic mass is 16.2. The average Bonchev–Trinajstić information content (AvgIpc) is 2.09. The van der Waals surface area contributed by atoms with Crippen molar-refractivity contribution in [2.45, 2.75) is 19.8 Å². The molecule has 0 atom stereocenters. The molecule has 0 aromatic heterocycles. The van der Waals surface area contributed by atoms with E-state index < -0.39 is 0 Å². The van der Waals surface area contributed by atoms with E-state index in [1.54, 1.807) is 0 Å². The second kappa shape index (κ2) is 4.66. The maximum atomic E-state index is 11.2. The molecular weight excluding hydrogens is 152 g/mol. The van der Waals surface area contributed by atoms with Gasteiger partial charge in [0, 0.05) is 26.1 Å². The predicted octanol–water partition coefficient (Wildman–Crippen LogP) is 0.815. The second-order valence-corrected chi connectivity index (χ2v) is 2.75. The van der Waals surface area contributed by atoms with Crippen molar-refractivity contribution in [1.82, 2.24) is 10.2 Å². The van der Waals surface area contributed by atoms with Crippen LogP contribution in [0.5, 0.6) is 0 Å². The van der Waals surface area contributed by atoms with Crippen molar-refractivity contribution in [1.29, 1.82) is 0 Å². The van der Waals surface area contributed by atoms with Gasteiger partial charge < -0.3 is 10.2 Å². The molecule has 0 spiro atoms. The van der Waals surface area contributed by atoms with Crippen LogP contribution in [-0.4, -0.2) is 30.6 Å². The third kappa shape index (κ3) is 2.46. The van der Waals surface area contributed by atoms with Gasteiger partial charge in [0.05, 0.1) is 0 Å². The lowest BCUT2D eigenvalue weighted by Crippen LogP contribution is -2.46. The molecule has 1 fully saturated rings. The Labute approximate surface area is 73.1 Å². The molecule has 12 heavy (non-hydrogen) atoms. The molecule has 0 aromatic rings. The third-order valence-corrected chi connectivity index (χ3v) is 1.85. The van der Waals surface area contributed by atoms with Gasteiger partial charge in [0.2, 0.25) is 0 Å². The van der Waals surface area contributed by atoms with Crippen LogP contribution in [0.1, 0.15) is 19.8 Å². The van der Waals surface area contributed by atoms with Gasteiger partial charge in [0.1, 0.15) is 0 Å². The number of hydrogen-bond donors (Lipinski definition) is 1. The van der Waals surface area contributed by atoms with E-state index in [9.17, 15) is 4.79 Å². The summed E-state index contributed by atoms with van der Waals surface area (Å²) in [4.78, 5) is 13.0. The van der Waals surface area contributed by atoms with E-state index in [1.165, 1.54) is 0 Å². The van der Waals surface area contributed by atoms with E-state index in [0.29, 0.717) is 0 Å². The summed E-state index contributed by atoms with van der Waals surface area (Å²) < 4.78 is 0. The molecule has 1 N–H and O–H groups in total. The summed E-state index contributed by atoms with van der Waals surface area (Å²) in [6, 6.07) is 0.0548. The van der Waals surface area contributed by atoms with Crippen molar-refractivity contribution in [2.75, 3.05) is 19.6 Å². The number of carbonyl (C=O) groups is 1. The zero-order valence-electron chi connectivity index (χ0n) is 7.39. The van der Waals surface area contributed by atoms with Crippen LogP contribution in [0.4, 0.5) is 4.79 Å². The first-order valence-electron chi connectivity index (χ1n) is 4.27. The van der Waals surface area contributed by atoms with Gasteiger partial charge in [0.25, 0.3) is 0 Å². The zero-order valence-corrected chi connectivity index (χ0v) is 7.39. The summed E-state index contributed by atoms with van der Waals surface area (Å²) in [5.41, 5.74) is 0. The Morgan fingerprint density at radius 1 is 1.67 bits per heavy atom. The van der Waals surface area contributed by atoms with Crippen LogP contribution in [-0.2, 0) is 0 Å². The summed E-state index contributed by atoms with van der Waals surface area (Å²) >= 11 is 0. The fourth-order valence-corrected chi connectivity index (χ4v) is 1.21. The van der Waals surface area contributed by atoms with Crippen LogP contribution in [0.2, 0.25) is 0 Å². The third-order valence-electron chi connectivity index (χ3n) is 1.85. The molecule has 3 heteroatoms. The molecule has 0 unspecified atom stereocenters. The Kier molecular flexibility index (Phi) is 3.46. The lowest BCUT2D eigenvalue weighted by Gasteiger charge is -2.26. The Hall–Kier alpha value is -1.17. The van der Waals surface area contributed by atoms with Gasteiger partial charge in [-0.15, -0.1) is 11.8 Å². The lowest BCUT2D eigenvalue weighted by atomic mass is 10.3. The molecule has 66 valence electrons. The molecule has 1 heterocycles. The number of nitrogens with one attached hydrogen (secondary N) is 1. The van der Waals surface area contributed by atoms with Crippen molar-refractivity contribution < 1.29 is 4.79 Å². The number of nitrogens with zero attached hydrogens (tertiary/aromatic N) is 1. The van der Waals surface area contributed by atoms with Crippen LogP contribution in [0, 0.1) is 11.8 Å². The Morgan fingerprint density at radius 3 is 3.17 bits per heavy atom. The molecular formula is C9H14N2O. The molecule has 0 bridgehead atoms. The van der Waals surface area contributed by atoms with E-state index in [0.717, 1.165) is 32.5 Å². The molecule has 0 radical (unpaired) electrons. The summed E-state index contributed by atoms with van der Waals surface area (Å²) in [6.45, 7) is 4.26. The fraction of sp³-hybridized carbons (Fsp3) is 0.667. The number of rotatable bonds is 2. The van der Waals surface area contributed by atoms with E-state index in [1.807, 2.05) is 11.8 Å². The molecule has 0 saturated carbocycles. The van der Waals surface area contributed by atoms with Crippen molar-refractivity contribution in [3.05, 3.63) is 0 Å². The number of urea groups is 1. The minimum absolute atomic E-state index is 0.0548. The van der Waals surface area contributed by atoms with Gasteiger partial charge in [-0.3, -0.25) is 0 Å². The number of carbonyl (C=O) groups excluding carboxylic acids is 1. The first-order valence-corrected chi connectivity index (χ1v) is 4.27. The molecule has 1 aliphatic heterocycles. The van der Waals surface area contributed by atoms with E-state index in [2.05, 4.69) is 17.2 Å². The van der Waals surface area contributed by atoms with Gasteiger partial charge in [0.15, 0.2) is 0 Å². The largest absolute Gasteiger partial charge is 0.338 e. The average molecular weight is 166 g/mol. The first kappa shape index (κ1) is 8.92. The Balaban J connectivity index is 2.27. The van der Waals surface area contributed by atoms with Gasteiger partial charge in [-0.25, -0.2) is 4.79 Å². The van der Waals surface area contributed by atoms with Crippen molar-refractivity contribution in [3.63, 3.8) is 0 Å². The Bertz CT molecular complexity index is 214. The highest BCUT2D eigenvalue weighted by Gasteiger charge is 2.15. The van der Waals surface area contributed by atoms with Crippen molar-refractivity contribution >= 4 is 6.03 Å². The minimum Gasteiger partial charge on any atom is -0.338 e. The number of hydrogen-bond acceptors (Lipinski definition) is 1. The number of amides is 2. The molecule has 0 aliphatic carbocycles. The van der Waals surface area contributed by atoms with E-state index >= 15 is 0 Å². The lowest BCUT2D eigenvalue weighted by molar-refractivity contribution is 0.187. The van der Waals surface area contributed by atoms with Gasteiger partial charge >= 0.3 is 6.03 Å². The second-order valence-electron chi connectivity index (χ2n) is 2.75. The fourth-order valence-electron chi connectivity index (χ4n) is 1.21. The molecule has 1 saturated heterocycles. The van der Waals surface area contributed by atoms with Crippen LogP contribution < -0.4 is 5.32 Å². The van der Waals surface area contributed by atoms with Gasteiger partial charge in [-0.1, -0.05) is 0 Å². The van der Waals surface area contributed by atoms with E-state index in [-0.39, 0.29) is 6.03 Å². The standard InChI is InChI=1S/C9H14N2O/c1-2-3-4-7-11-8-5-6-10-9(11)12/h4-8H2,1H3,(H,10,12). The molecule has 1 rings (SSSR count). The summed E-state index contributed by atoms with van der Waals surface area (Å²) in [6.07, 6.45) is 1.83. The van der Waals surface area contributed by atoms with Crippen molar-refractivity contribution in [2.24, 2.45) is 0 Å². The summed E-state index contributed by atoms with van der Waals surface area (Å²) in [5.74, 6) is 5.76. The van der Waals surface area contributed by atoms with Gasteiger partial charge in [-0.05, 0) is 13.3 Å². The normalized spacial score (nSPS) is 16.4. The van der Waals surface area contributed by atoms with E-state index in [4.69, 9.17) is 0 Å². The summed E-state index contributed by atoms with van der Waals surface area (Å²) in [5, 5.41) is 2.80. The highest BCUT2D eigenvalue weighted by Crippen LogP contribution is 1.99. The topological polar surface area (TPSA) is 32.3 Å².